The molecule has 3 heteroatoms. The fourth-order valence-electron chi connectivity index (χ4n) is 1.58. The van der Waals surface area contributed by atoms with Crippen molar-refractivity contribution in [3.05, 3.63) is 42.5 Å². The van der Waals surface area contributed by atoms with Crippen LogP contribution in [0.2, 0.25) is 0 Å². The van der Waals surface area contributed by atoms with Crippen molar-refractivity contribution in [1.82, 2.24) is 5.32 Å². The highest BCUT2D eigenvalue weighted by Gasteiger charge is 2.00. The van der Waals surface area contributed by atoms with Gasteiger partial charge in [0.1, 0.15) is 5.75 Å². The zero-order valence-electron chi connectivity index (χ0n) is 10.3. The van der Waals surface area contributed by atoms with Gasteiger partial charge < -0.3 is 15.8 Å². The van der Waals surface area contributed by atoms with Gasteiger partial charge >= 0.3 is 0 Å². The highest BCUT2D eigenvalue weighted by molar-refractivity contribution is 5.34. The van der Waals surface area contributed by atoms with Crippen molar-refractivity contribution in [2.24, 2.45) is 5.73 Å². The Kier molecular flexibility index (Phi) is 7.11. The molecular weight excluding hydrogens is 212 g/mol. The van der Waals surface area contributed by atoms with Gasteiger partial charge in [0.05, 0.1) is 6.61 Å². The zero-order chi connectivity index (χ0) is 12.3. The molecule has 3 nitrogen and oxygen atoms in total. The summed E-state index contributed by atoms with van der Waals surface area (Å²) in [5.74, 6) is 0.964. The molecule has 0 radical (unpaired) electrons. The molecule has 1 aromatic rings. The normalized spacial score (nSPS) is 10.2. The highest BCUT2D eigenvalue weighted by atomic mass is 16.5. The van der Waals surface area contributed by atoms with Crippen LogP contribution in [0.5, 0.6) is 5.75 Å². The summed E-state index contributed by atoms with van der Waals surface area (Å²) >= 11 is 0. The standard InChI is InChI=1S/C14H22N2O/c1-2-6-13-7-3-4-8-14(13)17-12-5-10-16-11-9-15/h2-4,7-8,16H,1,5-6,9-12,15H2. The second-order valence-corrected chi connectivity index (χ2v) is 3.84. The van der Waals surface area contributed by atoms with Crippen molar-refractivity contribution in [3.63, 3.8) is 0 Å². The van der Waals surface area contributed by atoms with E-state index in [1.54, 1.807) is 0 Å². The Balaban J connectivity index is 2.28. The third-order valence-electron chi connectivity index (χ3n) is 2.41. The van der Waals surface area contributed by atoms with E-state index in [0.29, 0.717) is 6.54 Å². The number of hydrogen-bond acceptors (Lipinski definition) is 3. The fourth-order valence-corrected chi connectivity index (χ4v) is 1.58. The first-order chi connectivity index (χ1) is 8.38. The topological polar surface area (TPSA) is 47.3 Å². The molecule has 17 heavy (non-hydrogen) atoms. The van der Waals surface area contributed by atoms with Crippen molar-refractivity contribution in [2.45, 2.75) is 12.8 Å². The van der Waals surface area contributed by atoms with Crippen LogP contribution in [0, 0.1) is 0 Å². The summed E-state index contributed by atoms with van der Waals surface area (Å²) in [5, 5.41) is 3.24. The minimum absolute atomic E-state index is 0.684. The summed E-state index contributed by atoms with van der Waals surface area (Å²) in [6, 6.07) is 8.10. The number of nitrogens with two attached hydrogens (primary N) is 1. The Labute approximate surface area is 104 Å². The quantitative estimate of drug-likeness (QED) is 0.505. The smallest absolute Gasteiger partial charge is 0.122 e. The third kappa shape index (κ3) is 5.52. The van der Waals surface area contributed by atoms with Crippen molar-refractivity contribution in [1.29, 1.82) is 0 Å². The van der Waals surface area contributed by atoms with Gasteiger partial charge in [-0.3, -0.25) is 0 Å². The van der Waals surface area contributed by atoms with Crippen LogP contribution in [0.1, 0.15) is 12.0 Å². The Hall–Kier alpha value is -1.32. The lowest BCUT2D eigenvalue weighted by atomic mass is 10.1. The van der Waals surface area contributed by atoms with Gasteiger partial charge in [-0.05, 0) is 31.0 Å². The molecule has 0 aliphatic rings. The number of para-hydroxylation sites is 1. The Morgan fingerprint density at radius 2 is 2.12 bits per heavy atom. The molecule has 0 unspecified atom stereocenters. The van der Waals surface area contributed by atoms with E-state index in [-0.39, 0.29) is 0 Å². The van der Waals surface area contributed by atoms with Gasteiger partial charge in [-0.1, -0.05) is 24.3 Å². The highest BCUT2D eigenvalue weighted by Crippen LogP contribution is 2.18. The molecular formula is C14H22N2O. The van der Waals surface area contributed by atoms with Crippen LogP contribution in [0.25, 0.3) is 0 Å². The average molecular weight is 234 g/mol. The molecule has 0 heterocycles. The molecule has 0 aliphatic carbocycles. The molecule has 94 valence electrons. The number of benzene rings is 1. The van der Waals surface area contributed by atoms with Gasteiger partial charge in [-0.15, -0.1) is 6.58 Å². The van der Waals surface area contributed by atoms with Gasteiger partial charge in [0, 0.05) is 13.1 Å². The van der Waals surface area contributed by atoms with Crippen LogP contribution in [0.4, 0.5) is 0 Å². The molecule has 0 aliphatic heterocycles. The first-order valence-electron chi connectivity index (χ1n) is 6.11. The summed E-state index contributed by atoms with van der Waals surface area (Å²) in [7, 11) is 0. The monoisotopic (exact) mass is 234 g/mol. The maximum atomic E-state index is 5.75. The summed E-state index contributed by atoms with van der Waals surface area (Å²) < 4.78 is 5.75. The number of allylic oxidation sites excluding steroid dienone is 1. The largest absolute Gasteiger partial charge is 0.493 e. The average Bonchev–Trinajstić information content (AvgIpc) is 2.36. The van der Waals surface area contributed by atoms with E-state index < -0.39 is 0 Å². The number of rotatable bonds is 9. The Bertz CT molecular complexity index is 326. The number of nitrogens with one attached hydrogen (secondary N) is 1. The van der Waals surface area contributed by atoms with Gasteiger partial charge in [-0.2, -0.15) is 0 Å². The predicted molar refractivity (Wildman–Crippen MR) is 72.4 cm³/mol. The molecule has 0 bridgehead atoms. The Morgan fingerprint density at radius 1 is 1.29 bits per heavy atom. The Morgan fingerprint density at radius 3 is 2.88 bits per heavy atom. The summed E-state index contributed by atoms with van der Waals surface area (Å²) in [5.41, 5.74) is 6.58. The molecule has 1 rings (SSSR count). The van der Waals surface area contributed by atoms with Crippen LogP contribution in [-0.4, -0.2) is 26.2 Å². The fraction of sp³-hybridized carbons (Fsp3) is 0.429. The van der Waals surface area contributed by atoms with Gasteiger partial charge in [0.25, 0.3) is 0 Å². The molecule has 0 amide bonds. The van der Waals surface area contributed by atoms with Crippen LogP contribution in [0.3, 0.4) is 0 Å². The van der Waals surface area contributed by atoms with E-state index >= 15 is 0 Å². The lowest BCUT2D eigenvalue weighted by molar-refractivity contribution is 0.306. The summed E-state index contributed by atoms with van der Waals surface area (Å²) in [6.07, 6.45) is 3.73. The minimum atomic E-state index is 0.684. The molecule has 0 spiro atoms. The van der Waals surface area contributed by atoms with Gasteiger partial charge in [0.2, 0.25) is 0 Å². The van der Waals surface area contributed by atoms with E-state index in [2.05, 4.69) is 18.0 Å². The summed E-state index contributed by atoms with van der Waals surface area (Å²) in [6.45, 7) is 6.97. The van der Waals surface area contributed by atoms with E-state index in [4.69, 9.17) is 10.5 Å². The molecule has 0 fully saturated rings. The third-order valence-corrected chi connectivity index (χ3v) is 2.41. The maximum absolute atomic E-state index is 5.75. The van der Waals surface area contributed by atoms with Crippen LogP contribution < -0.4 is 15.8 Å². The molecule has 0 saturated heterocycles. The minimum Gasteiger partial charge on any atom is -0.493 e. The van der Waals surface area contributed by atoms with Crippen molar-refractivity contribution >= 4 is 0 Å². The molecule has 1 aromatic carbocycles. The first-order valence-corrected chi connectivity index (χ1v) is 6.11. The van der Waals surface area contributed by atoms with E-state index in [0.717, 1.165) is 38.3 Å². The first kappa shape index (κ1) is 13.7. The van der Waals surface area contributed by atoms with Crippen molar-refractivity contribution in [2.75, 3.05) is 26.2 Å². The molecule has 0 saturated carbocycles. The van der Waals surface area contributed by atoms with E-state index in [1.165, 1.54) is 5.56 Å². The van der Waals surface area contributed by atoms with Crippen molar-refractivity contribution in [3.8, 4) is 5.75 Å². The van der Waals surface area contributed by atoms with Gasteiger partial charge in [0.15, 0.2) is 0 Å². The second kappa shape index (κ2) is 8.79. The van der Waals surface area contributed by atoms with Crippen LogP contribution in [-0.2, 0) is 6.42 Å². The molecule has 0 aromatic heterocycles. The molecule has 3 N–H and O–H groups in total. The number of ether oxygens (including phenoxy) is 1. The van der Waals surface area contributed by atoms with Crippen molar-refractivity contribution < 1.29 is 4.74 Å². The van der Waals surface area contributed by atoms with Crippen LogP contribution >= 0.6 is 0 Å². The van der Waals surface area contributed by atoms with E-state index in [1.807, 2.05) is 24.3 Å². The maximum Gasteiger partial charge on any atom is 0.122 e. The predicted octanol–water partition coefficient (Wildman–Crippen LogP) is 1.73. The second-order valence-electron chi connectivity index (χ2n) is 3.84. The number of hydrogen-bond donors (Lipinski definition) is 2. The van der Waals surface area contributed by atoms with Crippen LogP contribution in [0.15, 0.2) is 36.9 Å². The van der Waals surface area contributed by atoms with E-state index in [9.17, 15) is 0 Å². The molecule has 0 atom stereocenters. The lowest BCUT2D eigenvalue weighted by Crippen LogP contribution is -2.24. The van der Waals surface area contributed by atoms with Gasteiger partial charge in [-0.25, -0.2) is 0 Å². The lowest BCUT2D eigenvalue weighted by Gasteiger charge is -2.10. The summed E-state index contributed by atoms with van der Waals surface area (Å²) in [4.78, 5) is 0. The zero-order valence-corrected chi connectivity index (χ0v) is 10.3. The SMILES string of the molecule is C=CCc1ccccc1OCCCNCCN.